The molecule has 0 bridgehead atoms. The lowest BCUT2D eigenvalue weighted by molar-refractivity contribution is 0.720. The zero-order chi connectivity index (χ0) is 8.72. The number of rotatable bonds is 2. The molecule has 1 fully saturated rings. The molecule has 0 aromatic carbocycles. The Labute approximate surface area is 71.4 Å². The van der Waals surface area contributed by atoms with Crippen molar-refractivity contribution in [2.24, 2.45) is 7.05 Å². The molecule has 0 amide bonds. The van der Waals surface area contributed by atoms with E-state index in [1.54, 1.807) is 11.7 Å². The van der Waals surface area contributed by atoms with Crippen LogP contribution in [0.3, 0.4) is 0 Å². The molecule has 0 spiro atoms. The first-order valence-electron chi connectivity index (χ1n) is 4.51. The van der Waals surface area contributed by atoms with Crippen LogP contribution in [0.25, 0.3) is 0 Å². The second-order valence-corrected chi connectivity index (χ2v) is 3.50. The molecule has 1 N–H and O–H groups in total. The fourth-order valence-electron chi connectivity index (χ4n) is 1.67. The number of hydrogen-bond donors (Lipinski definition) is 1. The van der Waals surface area contributed by atoms with Crippen LogP contribution in [0.2, 0.25) is 0 Å². The molecule has 3 nitrogen and oxygen atoms in total. The number of aromatic amines is 1. The van der Waals surface area contributed by atoms with Crippen molar-refractivity contribution >= 4 is 0 Å². The maximum absolute atomic E-state index is 11.5. The Morgan fingerprint density at radius 2 is 2.25 bits per heavy atom. The summed E-state index contributed by atoms with van der Waals surface area (Å²) < 4.78 is 1.59. The first-order chi connectivity index (χ1) is 5.74. The summed E-state index contributed by atoms with van der Waals surface area (Å²) in [4.78, 5) is 11.5. The van der Waals surface area contributed by atoms with E-state index >= 15 is 0 Å². The number of nitrogens with one attached hydrogen (secondary N) is 1. The van der Waals surface area contributed by atoms with Gasteiger partial charge in [0, 0.05) is 24.2 Å². The molecule has 1 heterocycles. The van der Waals surface area contributed by atoms with E-state index in [0.29, 0.717) is 5.92 Å². The van der Waals surface area contributed by atoms with Crippen LogP contribution in [0.15, 0.2) is 4.79 Å². The lowest BCUT2D eigenvalue weighted by atomic mass is 10.1. The maximum Gasteiger partial charge on any atom is 0.269 e. The van der Waals surface area contributed by atoms with Crippen molar-refractivity contribution in [1.29, 1.82) is 0 Å². The van der Waals surface area contributed by atoms with Crippen molar-refractivity contribution in [2.75, 3.05) is 0 Å². The normalized spacial score (nSPS) is 16.8. The van der Waals surface area contributed by atoms with Crippen molar-refractivity contribution in [2.45, 2.75) is 32.1 Å². The minimum absolute atomic E-state index is 0.152. The third-order valence-electron chi connectivity index (χ3n) is 2.52. The Bertz CT molecular complexity index is 344. The maximum atomic E-state index is 11.5. The van der Waals surface area contributed by atoms with E-state index < -0.39 is 0 Å². The zero-order valence-electron chi connectivity index (χ0n) is 7.55. The minimum Gasteiger partial charge on any atom is -0.299 e. The fourth-order valence-corrected chi connectivity index (χ4v) is 1.67. The number of hydrogen-bond acceptors (Lipinski definition) is 1. The standard InChI is InChI=1S/C9H14N2O/c1-3-7-8(6-4-5-6)10-11(2)9(7)12/h6,10H,3-5H2,1-2H3. The topological polar surface area (TPSA) is 37.8 Å². The molecule has 0 aliphatic heterocycles. The van der Waals surface area contributed by atoms with Gasteiger partial charge in [-0.15, -0.1) is 0 Å². The number of aryl methyl sites for hydroxylation is 1. The summed E-state index contributed by atoms with van der Waals surface area (Å²) in [7, 11) is 1.79. The fraction of sp³-hybridized carbons (Fsp3) is 0.667. The Balaban J connectivity index is 2.52. The van der Waals surface area contributed by atoms with Crippen LogP contribution in [0.5, 0.6) is 0 Å². The van der Waals surface area contributed by atoms with Gasteiger partial charge in [-0.2, -0.15) is 0 Å². The van der Waals surface area contributed by atoms with Crippen LogP contribution in [0.1, 0.15) is 36.9 Å². The van der Waals surface area contributed by atoms with Crippen LogP contribution in [-0.2, 0) is 13.5 Å². The Hall–Kier alpha value is -0.990. The van der Waals surface area contributed by atoms with Gasteiger partial charge < -0.3 is 0 Å². The van der Waals surface area contributed by atoms with Gasteiger partial charge >= 0.3 is 0 Å². The molecule has 0 saturated heterocycles. The van der Waals surface area contributed by atoms with Crippen molar-refractivity contribution < 1.29 is 0 Å². The minimum atomic E-state index is 0.152. The van der Waals surface area contributed by atoms with Gasteiger partial charge in [0.1, 0.15) is 0 Å². The summed E-state index contributed by atoms with van der Waals surface area (Å²) in [5.74, 6) is 0.647. The van der Waals surface area contributed by atoms with Gasteiger partial charge in [0.05, 0.1) is 0 Å². The molecule has 0 radical (unpaired) electrons. The SMILES string of the molecule is CCc1c(C2CC2)[nH]n(C)c1=O. The summed E-state index contributed by atoms with van der Waals surface area (Å²) in [6.07, 6.45) is 3.34. The molecule has 2 rings (SSSR count). The van der Waals surface area contributed by atoms with Crippen molar-refractivity contribution in [1.82, 2.24) is 9.78 Å². The van der Waals surface area contributed by atoms with Crippen LogP contribution in [-0.4, -0.2) is 9.78 Å². The first kappa shape index (κ1) is 7.65. The highest BCUT2D eigenvalue weighted by Crippen LogP contribution is 2.39. The Kier molecular flexibility index (Phi) is 1.60. The predicted octanol–water partition coefficient (Wildman–Crippen LogP) is 1.15. The van der Waals surface area contributed by atoms with Crippen molar-refractivity contribution in [3.05, 3.63) is 21.6 Å². The Morgan fingerprint density at radius 1 is 1.58 bits per heavy atom. The molecule has 3 heteroatoms. The third kappa shape index (κ3) is 1.00. The van der Waals surface area contributed by atoms with Gasteiger partial charge in [0.15, 0.2) is 0 Å². The lowest BCUT2D eigenvalue weighted by Gasteiger charge is -1.93. The molecule has 1 aromatic heterocycles. The molecule has 12 heavy (non-hydrogen) atoms. The Morgan fingerprint density at radius 3 is 2.75 bits per heavy atom. The van der Waals surface area contributed by atoms with E-state index in [1.165, 1.54) is 18.5 Å². The smallest absolute Gasteiger partial charge is 0.269 e. The molecular formula is C9H14N2O. The zero-order valence-corrected chi connectivity index (χ0v) is 7.55. The molecule has 0 unspecified atom stereocenters. The van der Waals surface area contributed by atoms with Gasteiger partial charge in [-0.05, 0) is 19.3 Å². The van der Waals surface area contributed by atoms with Gasteiger partial charge in [0.25, 0.3) is 5.56 Å². The number of nitrogens with zero attached hydrogens (tertiary/aromatic N) is 1. The summed E-state index contributed by atoms with van der Waals surface area (Å²) in [6, 6.07) is 0. The van der Waals surface area contributed by atoms with Gasteiger partial charge in [-0.1, -0.05) is 6.92 Å². The predicted molar refractivity (Wildman–Crippen MR) is 47.4 cm³/mol. The second-order valence-electron chi connectivity index (χ2n) is 3.50. The summed E-state index contributed by atoms with van der Waals surface area (Å²) in [5, 5.41) is 3.13. The highest BCUT2D eigenvalue weighted by Gasteiger charge is 2.28. The average Bonchev–Trinajstić information content (AvgIpc) is 2.82. The second kappa shape index (κ2) is 2.51. The molecule has 1 aliphatic rings. The van der Waals surface area contributed by atoms with E-state index in [1.807, 2.05) is 6.92 Å². The van der Waals surface area contributed by atoms with Crippen LogP contribution in [0.4, 0.5) is 0 Å². The van der Waals surface area contributed by atoms with Gasteiger partial charge in [-0.25, -0.2) is 0 Å². The number of H-pyrrole nitrogens is 1. The number of aromatic nitrogens is 2. The van der Waals surface area contributed by atoms with Crippen LogP contribution >= 0.6 is 0 Å². The van der Waals surface area contributed by atoms with Crippen LogP contribution in [0, 0.1) is 0 Å². The highest BCUT2D eigenvalue weighted by molar-refractivity contribution is 5.24. The van der Waals surface area contributed by atoms with E-state index in [9.17, 15) is 4.79 Å². The van der Waals surface area contributed by atoms with E-state index in [-0.39, 0.29) is 5.56 Å². The quantitative estimate of drug-likeness (QED) is 0.703. The molecular weight excluding hydrogens is 152 g/mol. The molecule has 66 valence electrons. The summed E-state index contributed by atoms with van der Waals surface area (Å²) in [5.41, 5.74) is 2.32. The first-order valence-corrected chi connectivity index (χ1v) is 4.51. The van der Waals surface area contributed by atoms with E-state index in [4.69, 9.17) is 0 Å². The molecule has 1 aliphatic carbocycles. The van der Waals surface area contributed by atoms with E-state index in [2.05, 4.69) is 5.10 Å². The average molecular weight is 166 g/mol. The lowest BCUT2D eigenvalue weighted by Crippen LogP contribution is -2.14. The van der Waals surface area contributed by atoms with Gasteiger partial charge in [-0.3, -0.25) is 14.6 Å². The van der Waals surface area contributed by atoms with E-state index in [0.717, 1.165) is 12.0 Å². The van der Waals surface area contributed by atoms with Crippen LogP contribution < -0.4 is 5.56 Å². The summed E-state index contributed by atoms with van der Waals surface area (Å²) >= 11 is 0. The summed E-state index contributed by atoms with van der Waals surface area (Å²) in [6.45, 7) is 2.04. The third-order valence-corrected chi connectivity index (χ3v) is 2.52. The monoisotopic (exact) mass is 166 g/mol. The van der Waals surface area contributed by atoms with Crippen molar-refractivity contribution in [3.63, 3.8) is 0 Å². The van der Waals surface area contributed by atoms with Crippen molar-refractivity contribution in [3.8, 4) is 0 Å². The largest absolute Gasteiger partial charge is 0.299 e. The molecule has 0 atom stereocenters. The molecule has 1 saturated carbocycles. The van der Waals surface area contributed by atoms with Gasteiger partial charge in [0.2, 0.25) is 0 Å². The molecule has 1 aromatic rings. The highest BCUT2D eigenvalue weighted by atomic mass is 16.1.